The molecule has 0 aromatic heterocycles. The third kappa shape index (κ3) is 1.78. The Bertz CT molecular complexity index is 509. The largest absolute Gasteiger partial charge is 0.399 e. The number of imide groups is 1. The van der Waals surface area contributed by atoms with Crippen LogP contribution in [0.5, 0.6) is 0 Å². The maximum atomic E-state index is 12.3. The first-order valence-electron chi connectivity index (χ1n) is 6.24. The fraction of sp³-hybridized carbons (Fsp3) is 0.429. The monoisotopic (exact) mass is 246 g/mol. The molecule has 0 fully saturated rings. The predicted molar refractivity (Wildman–Crippen MR) is 70.3 cm³/mol. The normalized spacial score (nSPS) is 16.3. The number of anilines is 1. The number of amides is 2. The molecule has 18 heavy (non-hydrogen) atoms. The van der Waals surface area contributed by atoms with Crippen molar-refractivity contribution < 1.29 is 9.59 Å². The first-order chi connectivity index (χ1) is 8.47. The van der Waals surface area contributed by atoms with Crippen LogP contribution in [0.4, 0.5) is 5.69 Å². The van der Waals surface area contributed by atoms with Crippen LogP contribution < -0.4 is 5.73 Å². The van der Waals surface area contributed by atoms with Crippen molar-refractivity contribution in [1.82, 2.24) is 4.90 Å². The first kappa shape index (κ1) is 12.6. The molecule has 96 valence electrons. The van der Waals surface area contributed by atoms with E-state index in [4.69, 9.17) is 5.73 Å². The summed E-state index contributed by atoms with van der Waals surface area (Å²) in [5, 5.41) is 0. The Morgan fingerprint density at radius 2 is 1.78 bits per heavy atom. The molecule has 0 spiro atoms. The van der Waals surface area contributed by atoms with E-state index in [1.54, 1.807) is 18.2 Å². The molecule has 1 heterocycles. The van der Waals surface area contributed by atoms with Gasteiger partial charge in [0.2, 0.25) is 0 Å². The Balaban J connectivity index is 2.45. The van der Waals surface area contributed by atoms with E-state index in [-0.39, 0.29) is 23.8 Å². The van der Waals surface area contributed by atoms with Crippen molar-refractivity contribution in [1.29, 1.82) is 0 Å². The average molecular weight is 246 g/mol. The Morgan fingerprint density at radius 1 is 1.17 bits per heavy atom. The number of hydrogen-bond acceptors (Lipinski definition) is 3. The summed E-state index contributed by atoms with van der Waals surface area (Å²) >= 11 is 0. The highest BCUT2D eigenvalue weighted by molar-refractivity contribution is 6.21. The molecule has 2 amide bonds. The quantitative estimate of drug-likeness (QED) is 0.657. The molecule has 1 unspecified atom stereocenters. The van der Waals surface area contributed by atoms with Gasteiger partial charge >= 0.3 is 0 Å². The van der Waals surface area contributed by atoms with Crippen molar-refractivity contribution in [2.75, 3.05) is 5.73 Å². The van der Waals surface area contributed by atoms with Gasteiger partial charge in [0.15, 0.2) is 0 Å². The minimum Gasteiger partial charge on any atom is -0.399 e. The highest BCUT2D eigenvalue weighted by Gasteiger charge is 2.40. The molecule has 1 aliphatic rings. The first-order valence-corrected chi connectivity index (χ1v) is 6.24. The topological polar surface area (TPSA) is 63.4 Å². The second-order valence-electron chi connectivity index (χ2n) is 5.00. The van der Waals surface area contributed by atoms with Crippen molar-refractivity contribution in [3.05, 3.63) is 29.3 Å². The number of nitrogens with two attached hydrogens (primary N) is 1. The standard InChI is InChI=1S/C14H18N2O2/c1-4-12(8(2)3)16-13(17)10-6-5-9(15)7-11(10)14(16)18/h5-8,12H,4,15H2,1-3H3. The molecular weight excluding hydrogens is 228 g/mol. The van der Waals surface area contributed by atoms with Crippen LogP contribution in [-0.4, -0.2) is 22.8 Å². The van der Waals surface area contributed by atoms with Crippen LogP contribution in [-0.2, 0) is 0 Å². The Hall–Kier alpha value is -1.84. The molecular formula is C14H18N2O2. The summed E-state index contributed by atoms with van der Waals surface area (Å²) in [5.41, 5.74) is 7.07. The molecule has 1 aliphatic heterocycles. The summed E-state index contributed by atoms with van der Waals surface area (Å²) in [4.78, 5) is 26.0. The summed E-state index contributed by atoms with van der Waals surface area (Å²) in [6.45, 7) is 6.03. The number of nitrogen functional groups attached to an aromatic ring is 1. The van der Waals surface area contributed by atoms with Crippen molar-refractivity contribution in [3.63, 3.8) is 0 Å². The summed E-state index contributed by atoms with van der Waals surface area (Å²) in [5.74, 6) is -0.173. The number of fused-ring (bicyclic) bond motifs is 1. The number of carbonyl (C=O) groups is 2. The van der Waals surface area contributed by atoms with Crippen molar-refractivity contribution in [3.8, 4) is 0 Å². The van der Waals surface area contributed by atoms with E-state index < -0.39 is 0 Å². The van der Waals surface area contributed by atoms with Gasteiger partial charge in [-0.1, -0.05) is 20.8 Å². The van der Waals surface area contributed by atoms with Gasteiger partial charge in [-0.25, -0.2) is 0 Å². The van der Waals surface area contributed by atoms with Gasteiger partial charge in [-0.3, -0.25) is 14.5 Å². The molecule has 4 heteroatoms. The van der Waals surface area contributed by atoms with Crippen LogP contribution in [0.25, 0.3) is 0 Å². The molecule has 0 radical (unpaired) electrons. The summed E-state index contributed by atoms with van der Waals surface area (Å²) in [6, 6.07) is 4.82. The fourth-order valence-electron chi connectivity index (χ4n) is 2.53. The third-order valence-electron chi connectivity index (χ3n) is 3.46. The minimum absolute atomic E-state index is 0.0568. The van der Waals surface area contributed by atoms with Gasteiger partial charge in [0.05, 0.1) is 11.1 Å². The Morgan fingerprint density at radius 3 is 2.33 bits per heavy atom. The zero-order valence-electron chi connectivity index (χ0n) is 10.9. The minimum atomic E-state index is -0.220. The van der Waals surface area contributed by atoms with E-state index in [1.165, 1.54) is 4.90 Å². The van der Waals surface area contributed by atoms with E-state index in [0.717, 1.165) is 6.42 Å². The molecule has 1 aromatic carbocycles. The zero-order valence-corrected chi connectivity index (χ0v) is 10.9. The number of hydrogen-bond donors (Lipinski definition) is 1. The number of nitrogens with zero attached hydrogens (tertiary/aromatic N) is 1. The predicted octanol–water partition coefficient (Wildman–Crippen LogP) is 2.30. The van der Waals surface area contributed by atoms with Gasteiger partial charge in [-0.05, 0) is 30.5 Å². The second-order valence-corrected chi connectivity index (χ2v) is 5.00. The fourth-order valence-corrected chi connectivity index (χ4v) is 2.53. The van der Waals surface area contributed by atoms with E-state index in [9.17, 15) is 9.59 Å². The van der Waals surface area contributed by atoms with Crippen LogP contribution in [0, 0.1) is 5.92 Å². The molecule has 0 saturated heterocycles. The molecule has 2 N–H and O–H groups in total. The third-order valence-corrected chi connectivity index (χ3v) is 3.46. The smallest absolute Gasteiger partial charge is 0.261 e. The number of rotatable bonds is 3. The van der Waals surface area contributed by atoms with Gasteiger partial charge in [-0.15, -0.1) is 0 Å². The SMILES string of the molecule is CCC(C(C)C)N1C(=O)c2ccc(N)cc2C1=O. The van der Waals surface area contributed by atoms with E-state index in [2.05, 4.69) is 0 Å². The maximum absolute atomic E-state index is 12.3. The van der Waals surface area contributed by atoms with Crippen molar-refractivity contribution >= 4 is 17.5 Å². The number of benzene rings is 1. The lowest BCUT2D eigenvalue weighted by atomic mass is 10.00. The lowest BCUT2D eigenvalue weighted by Crippen LogP contribution is -2.42. The maximum Gasteiger partial charge on any atom is 0.261 e. The van der Waals surface area contributed by atoms with E-state index >= 15 is 0 Å². The van der Waals surface area contributed by atoms with Crippen LogP contribution in [0.1, 0.15) is 47.9 Å². The second kappa shape index (κ2) is 4.44. The van der Waals surface area contributed by atoms with Crippen molar-refractivity contribution in [2.24, 2.45) is 5.92 Å². The van der Waals surface area contributed by atoms with Crippen LogP contribution in [0.3, 0.4) is 0 Å². The summed E-state index contributed by atoms with van der Waals surface area (Å²) in [7, 11) is 0. The van der Waals surface area contributed by atoms with Crippen LogP contribution in [0.2, 0.25) is 0 Å². The Labute approximate surface area is 107 Å². The van der Waals surface area contributed by atoms with Gasteiger partial charge in [0, 0.05) is 11.7 Å². The van der Waals surface area contributed by atoms with Gasteiger partial charge < -0.3 is 5.73 Å². The van der Waals surface area contributed by atoms with Crippen LogP contribution >= 0.6 is 0 Å². The molecule has 0 saturated carbocycles. The Kier molecular flexibility index (Phi) is 3.11. The molecule has 1 aromatic rings. The highest BCUT2D eigenvalue weighted by Crippen LogP contribution is 2.29. The lowest BCUT2D eigenvalue weighted by molar-refractivity contribution is 0.0536. The molecule has 1 atom stereocenters. The summed E-state index contributed by atoms with van der Waals surface area (Å²) in [6.07, 6.45) is 0.763. The van der Waals surface area contributed by atoms with Crippen molar-refractivity contribution in [2.45, 2.75) is 33.2 Å². The lowest BCUT2D eigenvalue weighted by Gasteiger charge is -2.28. The molecule has 0 bridgehead atoms. The van der Waals surface area contributed by atoms with Gasteiger partial charge in [0.1, 0.15) is 0 Å². The van der Waals surface area contributed by atoms with Crippen LogP contribution in [0.15, 0.2) is 18.2 Å². The van der Waals surface area contributed by atoms with Gasteiger partial charge in [-0.2, -0.15) is 0 Å². The average Bonchev–Trinajstić information content (AvgIpc) is 2.55. The van der Waals surface area contributed by atoms with Gasteiger partial charge in [0.25, 0.3) is 11.8 Å². The molecule has 2 rings (SSSR count). The number of carbonyl (C=O) groups excluding carboxylic acids is 2. The summed E-state index contributed by atoms with van der Waals surface area (Å²) < 4.78 is 0. The molecule has 0 aliphatic carbocycles. The van der Waals surface area contributed by atoms with E-state index in [0.29, 0.717) is 16.8 Å². The molecule has 4 nitrogen and oxygen atoms in total. The highest BCUT2D eigenvalue weighted by atomic mass is 16.2. The zero-order chi connectivity index (χ0) is 13.4. The van der Waals surface area contributed by atoms with E-state index in [1.807, 2.05) is 20.8 Å².